The van der Waals surface area contributed by atoms with Crippen LogP contribution in [0.25, 0.3) is 0 Å². The summed E-state index contributed by atoms with van der Waals surface area (Å²) in [5, 5.41) is 8.14. The molecule has 1 aromatic rings. The predicted molar refractivity (Wildman–Crippen MR) is 90.9 cm³/mol. The number of anilines is 1. The van der Waals surface area contributed by atoms with E-state index in [1.807, 2.05) is 0 Å². The van der Waals surface area contributed by atoms with E-state index in [-0.39, 0.29) is 23.7 Å². The summed E-state index contributed by atoms with van der Waals surface area (Å²) in [4.78, 5) is 23.2. The van der Waals surface area contributed by atoms with Crippen LogP contribution < -0.4 is 16.0 Å². The molecule has 1 aliphatic heterocycles. The zero-order chi connectivity index (χ0) is 17.7. The van der Waals surface area contributed by atoms with Crippen LogP contribution in [0.1, 0.15) is 35.7 Å². The van der Waals surface area contributed by atoms with E-state index in [1.165, 1.54) is 13.0 Å². The van der Waals surface area contributed by atoms with E-state index in [1.54, 1.807) is 0 Å². The Morgan fingerprint density at radius 3 is 2.56 bits per heavy atom. The monoisotopic (exact) mass is 379 g/mol. The molecule has 1 aromatic carbocycles. The minimum atomic E-state index is -4.60. The van der Waals surface area contributed by atoms with Crippen LogP contribution in [0, 0.1) is 5.92 Å². The average Bonchev–Trinajstić information content (AvgIpc) is 2.98. The van der Waals surface area contributed by atoms with Gasteiger partial charge < -0.3 is 16.0 Å². The molecule has 1 heterocycles. The third-order valence-corrected chi connectivity index (χ3v) is 3.84. The number of alkyl halides is 3. The highest BCUT2D eigenvalue weighted by Gasteiger charge is 2.32. The standard InChI is InChI=1S/C16H20F3N3O2.ClH/c1-10(23)22-14-7-12(6-13(8-14)16(17,18)19)15(24)21-5-3-11-2-4-20-9-11;/h6-8,11,20H,2-5,9H2,1H3,(H,21,24)(H,22,23);1H. The second-order valence-electron chi connectivity index (χ2n) is 5.88. The van der Waals surface area contributed by atoms with E-state index in [9.17, 15) is 22.8 Å². The number of carbonyl (C=O) groups is 2. The molecule has 0 aliphatic carbocycles. The Balaban J connectivity index is 0.00000312. The first-order valence-corrected chi connectivity index (χ1v) is 7.74. The lowest BCUT2D eigenvalue weighted by Crippen LogP contribution is -2.27. The Labute approximate surface area is 150 Å². The quantitative estimate of drug-likeness (QED) is 0.736. The molecule has 2 amide bonds. The molecule has 25 heavy (non-hydrogen) atoms. The predicted octanol–water partition coefficient (Wildman–Crippen LogP) is 2.82. The molecule has 0 aromatic heterocycles. The smallest absolute Gasteiger partial charge is 0.352 e. The van der Waals surface area contributed by atoms with E-state index in [4.69, 9.17) is 0 Å². The molecular weight excluding hydrogens is 359 g/mol. The summed E-state index contributed by atoms with van der Waals surface area (Å²) in [6.45, 7) is 3.44. The van der Waals surface area contributed by atoms with Crippen LogP contribution in [0.4, 0.5) is 18.9 Å². The lowest BCUT2D eigenvalue weighted by Gasteiger charge is -2.13. The van der Waals surface area contributed by atoms with Gasteiger partial charge in [-0.15, -0.1) is 12.4 Å². The van der Waals surface area contributed by atoms with E-state index < -0.39 is 23.6 Å². The fourth-order valence-corrected chi connectivity index (χ4v) is 2.65. The van der Waals surface area contributed by atoms with E-state index in [0.717, 1.165) is 38.1 Å². The van der Waals surface area contributed by atoms with Crippen molar-refractivity contribution in [2.24, 2.45) is 5.92 Å². The maximum Gasteiger partial charge on any atom is 0.416 e. The van der Waals surface area contributed by atoms with Gasteiger partial charge in [-0.3, -0.25) is 9.59 Å². The minimum Gasteiger partial charge on any atom is -0.352 e. The molecule has 1 unspecified atom stereocenters. The van der Waals surface area contributed by atoms with Crippen molar-refractivity contribution in [1.82, 2.24) is 10.6 Å². The van der Waals surface area contributed by atoms with E-state index in [0.29, 0.717) is 12.5 Å². The maximum atomic E-state index is 13.0. The van der Waals surface area contributed by atoms with Crippen LogP contribution in [0.15, 0.2) is 18.2 Å². The summed E-state index contributed by atoms with van der Waals surface area (Å²) in [7, 11) is 0. The van der Waals surface area contributed by atoms with Gasteiger partial charge in [-0.1, -0.05) is 0 Å². The first-order chi connectivity index (χ1) is 11.3. The van der Waals surface area contributed by atoms with Crippen LogP contribution in [0.2, 0.25) is 0 Å². The van der Waals surface area contributed by atoms with Crippen molar-refractivity contribution in [2.75, 3.05) is 25.0 Å². The Morgan fingerprint density at radius 1 is 1.28 bits per heavy atom. The summed E-state index contributed by atoms with van der Waals surface area (Å²) in [5.74, 6) is -0.616. The SMILES string of the molecule is CC(=O)Nc1cc(C(=O)NCCC2CCNC2)cc(C(F)(F)F)c1.Cl. The van der Waals surface area contributed by atoms with Crippen molar-refractivity contribution in [3.63, 3.8) is 0 Å². The minimum absolute atomic E-state index is 0. The molecule has 140 valence electrons. The van der Waals surface area contributed by atoms with Crippen LogP contribution in [-0.2, 0) is 11.0 Å². The third kappa shape index (κ3) is 6.55. The number of benzene rings is 1. The van der Waals surface area contributed by atoms with Crippen molar-refractivity contribution in [3.8, 4) is 0 Å². The van der Waals surface area contributed by atoms with Gasteiger partial charge in [0.05, 0.1) is 5.56 Å². The van der Waals surface area contributed by atoms with Gasteiger partial charge in [0.15, 0.2) is 0 Å². The van der Waals surface area contributed by atoms with Gasteiger partial charge in [0.25, 0.3) is 5.91 Å². The molecule has 2 rings (SSSR count). The van der Waals surface area contributed by atoms with Gasteiger partial charge >= 0.3 is 6.18 Å². The first kappa shape index (κ1) is 21.2. The van der Waals surface area contributed by atoms with Crippen molar-refractivity contribution in [1.29, 1.82) is 0 Å². The van der Waals surface area contributed by atoms with Crippen molar-refractivity contribution >= 4 is 29.9 Å². The van der Waals surface area contributed by atoms with Gasteiger partial charge in [0.2, 0.25) is 5.91 Å². The van der Waals surface area contributed by atoms with Crippen LogP contribution >= 0.6 is 12.4 Å². The van der Waals surface area contributed by atoms with Crippen molar-refractivity contribution < 1.29 is 22.8 Å². The highest BCUT2D eigenvalue weighted by Crippen LogP contribution is 2.32. The van der Waals surface area contributed by atoms with Crippen molar-refractivity contribution in [2.45, 2.75) is 25.9 Å². The molecule has 1 atom stereocenters. The van der Waals surface area contributed by atoms with Crippen LogP contribution in [0.5, 0.6) is 0 Å². The largest absolute Gasteiger partial charge is 0.416 e. The second-order valence-corrected chi connectivity index (χ2v) is 5.88. The summed E-state index contributed by atoms with van der Waals surface area (Å²) in [5.41, 5.74) is -1.15. The number of carbonyl (C=O) groups excluding carboxylic acids is 2. The number of hydrogen-bond acceptors (Lipinski definition) is 3. The Bertz CT molecular complexity index is 617. The zero-order valence-electron chi connectivity index (χ0n) is 13.7. The molecule has 0 radical (unpaired) electrons. The molecule has 1 saturated heterocycles. The molecule has 0 spiro atoms. The lowest BCUT2D eigenvalue weighted by atomic mass is 10.0. The average molecular weight is 380 g/mol. The Hall–Kier alpha value is -1.80. The van der Waals surface area contributed by atoms with Crippen LogP contribution in [-0.4, -0.2) is 31.4 Å². The van der Waals surface area contributed by atoms with E-state index >= 15 is 0 Å². The summed E-state index contributed by atoms with van der Waals surface area (Å²) in [6.07, 6.45) is -2.79. The number of amides is 2. The van der Waals surface area contributed by atoms with Crippen molar-refractivity contribution in [3.05, 3.63) is 29.3 Å². The van der Waals surface area contributed by atoms with Gasteiger partial charge in [0, 0.05) is 24.7 Å². The highest BCUT2D eigenvalue weighted by atomic mass is 35.5. The number of halogens is 4. The fraction of sp³-hybridized carbons (Fsp3) is 0.500. The van der Waals surface area contributed by atoms with Gasteiger partial charge in [0.1, 0.15) is 0 Å². The summed E-state index contributed by atoms with van der Waals surface area (Å²) < 4.78 is 38.9. The topological polar surface area (TPSA) is 70.2 Å². The zero-order valence-corrected chi connectivity index (χ0v) is 14.5. The maximum absolute atomic E-state index is 13.0. The second kappa shape index (κ2) is 9.05. The molecule has 0 saturated carbocycles. The fourth-order valence-electron chi connectivity index (χ4n) is 2.65. The summed E-state index contributed by atoms with van der Waals surface area (Å²) in [6, 6.07) is 2.84. The number of nitrogens with one attached hydrogen (secondary N) is 3. The molecule has 0 bridgehead atoms. The highest BCUT2D eigenvalue weighted by molar-refractivity contribution is 5.97. The number of hydrogen-bond donors (Lipinski definition) is 3. The Morgan fingerprint density at radius 2 is 2.00 bits per heavy atom. The van der Waals surface area contributed by atoms with Crippen LogP contribution in [0.3, 0.4) is 0 Å². The lowest BCUT2D eigenvalue weighted by molar-refractivity contribution is -0.137. The van der Waals surface area contributed by atoms with Gasteiger partial charge in [-0.25, -0.2) is 0 Å². The molecule has 5 nitrogen and oxygen atoms in total. The third-order valence-electron chi connectivity index (χ3n) is 3.84. The van der Waals surface area contributed by atoms with E-state index in [2.05, 4.69) is 16.0 Å². The van der Waals surface area contributed by atoms with Gasteiger partial charge in [-0.2, -0.15) is 13.2 Å². The molecule has 3 N–H and O–H groups in total. The molecule has 1 aliphatic rings. The molecule has 1 fully saturated rings. The molecule has 9 heteroatoms. The van der Waals surface area contributed by atoms with Gasteiger partial charge in [-0.05, 0) is 50.0 Å². The Kier molecular flexibility index (Phi) is 7.69. The first-order valence-electron chi connectivity index (χ1n) is 7.74. The molecular formula is C16H21ClF3N3O2. The number of rotatable bonds is 5. The summed E-state index contributed by atoms with van der Waals surface area (Å²) >= 11 is 0. The normalized spacial score (nSPS) is 16.9.